The van der Waals surface area contributed by atoms with Gasteiger partial charge in [-0.1, -0.05) is 36.4 Å². The van der Waals surface area contributed by atoms with Crippen LogP contribution in [-0.2, 0) is 13.0 Å². The molecule has 0 aliphatic rings. The Bertz CT molecular complexity index is 570. The lowest BCUT2D eigenvalue weighted by atomic mass is 9.95. The summed E-state index contributed by atoms with van der Waals surface area (Å²) in [6.07, 6.45) is 1.02. The van der Waals surface area contributed by atoms with Gasteiger partial charge in [-0.2, -0.15) is 0 Å². The molecule has 0 fully saturated rings. The van der Waals surface area contributed by atoms with Crippen LogP contribution in [0.4, 0.5) is 0 Å². The van der Waals surface area contributed by atoms with Crippen LogP contribution in [0.2, 0.25) is 0 Å². The molecule has 0 heterocycles. The molecular weight excluding hydrogens is 230 g/mol. The van der Waals surface area contributed by atoms with Crippen molar-refractivity contribution in [2.24, 2.45) is 0 Å². The summed E-state index contributed by atoms with van der Waals surface area (Å²) in [5.74, 6) is 0. The van der Waals surface area contributed by atoms with Crippen LogP contribution in [0.25, 0.3) is 0 Å². The molecule has 0 aliphatic carbocycles. The van der Waals surface area contributed by atoms with Gasteiger partial charge in [-0.25, -0.2) is 0 Å². The third-order valence-electron chi connectivity index (χ3n) is 3.72. The lowest BCUT2D eigenvalue weighted by Gasteiger charge is -2.11. The minimum absolute atomic E-state index is 0.930. The molecule has 2 aromatic carbocycles. The summed E-state index contributed by atoms with van der Waals surface area (Å²) in [6.45, 7) is 7.51. The zero-order valence-corrected chi connectivity index (χ0v) is 12.4. The molecule has 0 radical (unpaired) electrons. The standard InChI is InChI=1S/C18H23N/c1-13-8-15(3)18(9-14(13)2)11-16-6-5-7-17(10-16)12-19-4/h5-10,19H,11-12H2,1-4H3. The number of aryl methyl sites for hydroxylation is 3. The van der Waals surface area contributed by atoms with Crippen molar-refractivity contribution < 1.29 is 0 Å². The highest BCUT2D eigenvalue weighted by Crippen LogP contribution is 2.19. The third kappa shape index (κ3) is 3.45. The van der Waals surface area contributed by atoms with Gasteiger partial charge < -0.3 is 5.32 Å². The van der Waals surface area contributed by atoms with Gasteiger partial charge in [0.05, 0.1) is 0 Å². The van der Waals surface area contributed by atoms with Crippen molar-refractivity contribution in [3.63, 3.8) is 0 Å². The number of benzene rings is 2. The minimum Gasteiger partial charge on any atom is -0.316 e. The molecule has 100 valence electrons. The Balaban J connectivity index is 2.25. The van der Waals surface area contributed by atoms with Crippen molar-refractivity contribution in [3.05, 3.63) is 69.8 Å². The molecule has 0 aromatic heterocycles. The van der Waals surface area contributed by atoms with Crippen LogP contribution < -0.4 is 5.32 Å². The van der Waals surface area contributed by atoms with E-state index >= 15 is 0 Å². The molecule has 0 aliphatic heterocycles. The molecule has 0 bridgehead atoms. The summed E-state index contributed by atoms with van der Waals surface area (Å²) < 4.78 is 0. The van der Waals surface area contributed by atoms with Crippen molar-refractivity contribution in [2.45, 2.75) is 33.7 Å². The highest BCUT2D eigenvalue weighted by atomic mass is 14.8. The van der Waals surface area contributed by atoms with Gasteiger partial charge in [-0.05, 0) is 67.6 Å². The molecule has 0 atom stereocenters. The molecule has 0 saturated heterocycles. The normalized spacial score (nSPS) is 10.7. The first-order valence-corrected chi connectivity index (χ1v) is 6.89. The fraction of sp³-hybridized carbons (Fsp3) is 0.333. The summed E-state index contributed by atoms with van der Waals surface area (Å²) in [4.78, 5) is 0. The Hall–Kier alpha value is -1.60. The molecular formula is C18H23N. The second-order valence-electron chi connectivity index (χ2n) is 5.39. The average Bonchev–Trinajstić information content (AvgIpc) is 2.37. The second kappa shape index (κ2) is 6.03. The third-order valence-corrected chi connectivity index (χ3v) is 3.72. The van der Waals surface area contributed by atoms with Gasteiger partial charge in [0.1, 0.15) is 0 Å². The largest absolute Gasteiger partial charge is 0.316 e. The van der Waals surface area contributed by atoms with Crippen LogP contribution in [0.1, 0.15) is 33.4 Å². The quantitative estimate of drug-likeness (QED) is 0.870. The number of hydrogen-bond donors (Lipinski definition) is 1. The monoisotopic (exact) mass is 253 g/mol. The highest BCUT2D eigenvalue weighted by Gasteiger charge is 2.04. The number of rotatable bonds is 4. The zero-order chi connectivity index (χ0) is 13.8. The van der Waals surface area contributed by atoms with Gasteiger partial charge in [0, 0.05) is 6.54 Å². The zero-order valence-electron chi connectivity index (χ0n) is 12.4. The van der Waals surface area contributed by atoms with E-state index in [9.17, 15) is 0 Å². The van der Waals surface area contributed by atoms with Gasteiger partial charge in [0.25, 0.3) is 0 Å². The van der Waals surface area contributed by atoms with E-state index in [0.717, 1.165) is 13.0 Å². The van der Waals surface area contributed by atoms with Gasteiger partial charge in [-0.3, -0.25) is 0 Å². The van der Waals surface area contributed by atoms with E-state index in [1.165, 1.54) is 33.4 Å². The van der Waals surface area contributed by atoms with Gasteiger partial charge in [0.15, 0.2) is 0 Å². The Kier molecular flexibility index (Phi) is 4.39. The maximum Gasteiger partial charge on any atom is 0.0202 e. The molecule has 0 spiro atoms. The van der Waals surface area contributed by atoms with Crippen LogP contribution in [0.15, 0.2) is 36.4 Å². The molecule has 1 nitrogen and oxygen atoms in total. The highest BCUT2D eigenvalue weighted by molar-refractivity contribution is 5.39. The van der Waals surface area contributed by atoms with Crippen LogP contribution in [0, 0.1) is 20.8 Å². The molecule has 1 N–H and O–H groups in total. The van der Waals surface area contributed by atoms with E-state index in [1.54, 1.807) is 0 Å². The van der Waals surface area contributed by atoms with Gasteiger partial charge in [0.2, 0.25) is 0 Å². The van der Waals surface area contributed by atoms with Crippen LogP contribution >= 0.6 is 0 Å². The maximum atomic E-state index is 3.20. The molecule has 19 heavy (non-hydrogen) atoms. The van der Waals surface area contributed by atoms with Crippen molar-refractivity contribution in [3.8, 4) is 0 Å². The lowest BCUT2D eigenvalue weighted by molar-refractivity contribution is 0.816. The Morgan fingerprint density at radius 1 is 0.842 bits per heavy atom. The lowest BCUT2D eigenvalue weighted by Crippen LogP contribution is -2.05. The van der Waals surface area contributed by atoms with E-state index < -0.39 is 0 Å². The molecule has 2 rings (SSSR count). The van der Waals surface area contributed by atoms with Crippen LogP contribution in [0.3, 0.4) is 0 Å². The second-order valence-corrected chi connectivity index (χ2v) is 5.39. The first kappa shape index (κ1) is 13.8. The van der Waals surface area contributed by atoms with Gasteiger partial charge >= 0.3 is 0 Å². The van der Waals surface area contributed by atoms with Crippen LogP contribution in [0.5, 0.6) is 0 Å². The molecule has 0 saturated carbocycles. The fourth-order valence-corrected chi connectivity index (χ4v) is 2.48. The Morgan fingerprint density at radius 3 is 2.26 bits per heavy atom. The van der Waals surface area contributed by atoms with E-state index in [-0.39, 0.29) is 0 Å². The molecule has 0 unspecified atom stereocenters. The van der Waals surface area contributed by atoms with Crippen molar-refractivity contribution in [2.75, 3.05) is 7.05 Å². The molecule has 0 amide bonds. The van der Waals surface area contributed by atoms with E-state index in [1.807, 2.05) is 7.05 Å². The SMILES string of the molecule is CNCc1cccc(Cc2cc(C)c(C)cc2C)c1. The minimum atomic E-state index is 0.930. The van der Waals surface area contributed by atoms with Crippen molar-refractivity contribution in [1.29, 1.82) is 0 Å². The van der Waals surface area contributed by atoms with Crippen molar-refractivity contribution >= 4 is 0 Å². The topological polar surface area (TPSA) is 12.0 Å². The predicted octanol–water partition coefficient (Wildman–Crippen LogP) is 3.92. The molecule has 1 heteroatoms. The first-order valence-electron chi connectivity index (χ1n) is 6.89. The molecule has 2 aromatic rings. The van der Waals surface area contributed by atoms with Crippen LogP contribution in [-0.4, -0.2) is 7.05 Å². The van der Waals surface area contributed by atoms with E-state index in [0.29, 0.717) is 0 Å². The Morgan fingerprint density at radius 2 is 1.53 bits per heavy atom. The maximum absolute atomic E-state index is 3.20. The van der Waals surface area contributed by atoms with Gasteiger partial charge in [-0.15, -0.1) is 0 Å². The average molecular weight is 253 g/mol. The fourth-order valence-electron chi connectivity index (χ4n) is 2.48. The first-order chi connectivity index (χ1) is 9.10. The summed E-state index contributed by atoms with van der Waals surface area (Å²) in [5.41, 5.74) is 8.32. The summed E-state index contributed by atoms with van der Waals surface area (Å²) in [5, 5.41) is 3.20. The summed E-state index contributed by atoms with van der Waals surface area (Å²) >= 11 is 0. The van der Waals surface area contributed by atoms with E-state index in [4.69, 9.17) is 0 Å². The number of hydrogen-bond acceptors (Lipinski definition) is 1. The smallest absolute Gasteiger partial charge is 0.0202 e. The predicted molar refractivity (Wildman–Crippen MR) is 82.7 cm³/mol. The van der Waals surface area contributed by atoms with Crippen molar-refractivity contribution in [1.82, 2.24) is 5.32 Å². The van der Waals surface area contributed by atoms with E-state index in [2.05, 4.69) is 62.5 Å². The summed E-state index contributed by atoms with van der Waals surface area (Å²) in [6, 6.07) is 13.5. The number of nitrogens with one attached hydrogen (secondary N) is 1. The Labute approximate surface area is 116 Å². The summed E-state index contributed by atoms with van der Waals surface area (Å²) in [7, 11) is 1.99.